The maximum atomic E-state index is 12.4. The van der Waals surface area contributed by atoms with E-state index >= 15 is 0 Å². The molecule has 0 atom stereocenters. The lowest BCUT2D eigenvalue weighted by molar-refractivity contribution is 0.102. The number of pyridine rings is 1. The Kier molecular flexibility index (Phi) is 4.91. The van der Waals surface area contributed by atoms with Gasteiger partial charge in [0.25, 0.3) is 5.91 Å². The molecule has 0 aliphatic heterocycles. The SMILES string of the molecule is Cc1ccccc1NC(=O)c1cncc(Nc2cccc(Br)c2)c1. The summed E-state index contributed by atoms with van der Waals surface area (Å²) in [5.74, 6) is -0.185. The molecule has 24 heavy (non-hydrogen) atoms. The number of hydrogen-bond donors (Lipinski definition) is 2. The van der Waals surface area contributed by atoms with Crippen molar-refractivity contribution in [3.8, 4) is 0 Å². The Morgan fingerprint density at radius 3 is 2.62 bits per heavy atom. The van der Waals surface area contributed by atoms with Gasteiger partial charge in [-0.2, -0.15) is 0 Å². The molecule has 0 saturated carbocycles. The summed E-state index contributed by atoms with van der Waals surface area (Å²) in [4.78, 5) is 16.6. The van der Waals surface area contributed by atoms with Crippen LogP contribution in [0.4, 0.5) is 17.1 Å². The van der Waals surface area contributed by atoms with Gasteiger partial charge in [-0.1, -0.05) is 40.2 Å². The van der Waals surface area contributed by atoms with Gasteiger partial charge in [0.2, 0.25) is 0 Å². The van der Waals surface area contributed by atoms with Crippen molar-refractivity contribution in [3.63, 3.8) is 0 Å². The molecule has 120 valence electrons. The smallest absolute Gasteiger partial charge is 0.257 e. The molecule has 1 aromatic heterocycles. The maximum absolute atomic E-state index is 12.4. The van der Waals surface area contributed by atoms with Crippen LogP contribution < -0.4 is 10.6 Å². The number of anilines is 3. The average molecular weight is 382 g/mol. The Hall–Kier alpha value is -2.66. The van der Waals surface area contributed by atoms with Crippen molar-refractivity contribution in [3.05, 3.63) is 82.6 Å². The highest BCUT2D eigenvalue weighted by Crippen LogP contribution is 2.21. The molecular weight excluding hydrogens is 366 g/mol. The highest BCUT2D eigenvalue weighted by molar-refractivity contribution is 9.10. The average Bonchev–Trinajstić information content (AvgIpc) is 2.57. The van der Waals surface area contributed by atoms with Gasteiger partial charge in [-0.15, -0.1) is 0 Å². The summed E-state index contributed by atoms with van der Waals surface area (Å²) in [6.07, 6.45) is 3.24. The summed E-state index contributed by atoms with van der Waals surface area (Å²) in [5, 5.41) is 6.16. The second-order valence-corrected chi connectivity index (χ2v) is 6.28. The number of nitrogens with one attached hydrogen (secondary N) is 2. The first kappa shape index (κ1) is 16.2. The summed E-state index contributed by atoms with van der Waals surface area (Å²) in [6, 6.07) is 17.3. The molecule has 0 fully saturated rings. The van der Waals surface area contributed by atoms with E-state index in [0.717, 1.165) is 27.1 Å². The quantitative estimate of drug-likeness (QED) is 0.656. The Morgan fingerprint density at radius 2 is 1.83 bits per heavy atom. The number of aryl methyl sites for hydroxylation is 1. The number of rotatable bonds is 4. The number of carbonyl (C=O) groups excluding carboxylic acids is 1. The van der Waals surface area contributed by atoms with Crippen molar-refractivity contribution < 1.29 is 4.79 Å². The lowest BCUT2D eigenvalue weighted by Gasteiger charge is -2.10. The standard InChI is InChI=1S/C19H16BrN3O/c1-13-5-2-3-8-18(13)23-19(24)14-9-17(12-21-11-14)22-16-7-4-6-15(20)10-16/h2-12,22H,1H3,(H,23,24). The van der Waals surface area contributed by atoms with Crippen LogP contribution in [0.2, 0.25) is 0 Å². The molecule has 5 heteroatoms. The molecule has 0 radical (unpaired) electrons. The first-order valence-corrected chi connectivity index (χ1v) is 8.26. The van der Waals surface area contributed by atoms with E-state index < -0.39 is 0 Å². The molecule has 2 aromatic carbocycles. The highest BCUT2D eigenvalue weighted by Gasteiger charge is 2.09. The van der Waals surface area contributed by atoms with Gasteiger partial charge in [-0.25, -0.2) is 0 Å². The van der Waals surface area contributed by atoms with Crippen molar-refractivity contribution in [2.45, 2.75) is 6.92 Å². The van der Waals surface area contributed by atoms with Gasteiger partial charge < -0.3 is 10.6 Å². The van der Waals surface area contributed by atoms with Crippen LogP contribution in [0.25, 0.3) is 0 Å². The maximum Gasteiger partial charge on any atom is 0.257 e. The van der Waals surface area contributed by atoms with E-state index in [1.165, 1.54) is 0 Å². The van der Waals surface area contributed by atoms with Crippen LogP contribution in [0.15, 0.2) is 71.5 Å². The minimum Gasteiger partial charge on any atom is -0.354 e. The predicted molar refractivity (Wildman–Crippen MR) is 101 cm³/mol. The minimum absolute atomic E-state index is 0.185. The third-order valence-corrected chi connectivity index (χ3v) is 4.00. The summed E-state index contributed by atoms with van der Waals surface area (Å²) in [7, 11) is 0. The normalized spacial score (nSPS) is 10.2. The molecule has 0 unspecified atom stereocenters. The number of halogens is 1. The highest BCUT2D eigenvalue weighted by atomic mass is 79.9. The van der Waals surface area contributed by atoms with Crippen LogP contribution in [0.1, 0.15) is 15.9 Å². The lowest BCUT2D eigenvalue weighted by Crippen LogP contribution is -2.13. The van der Waals surface area contributed by atoms with Gasteiger partial charge in [0.1, 0.15) is 0 Å². The summed E-state index contributed by atoms with van der Waals surface area (Å²) in [6.45, 7) is 1.96. The topological polar surface area (TPSA) is 54.0 Å². The number of benzene rings is 2. The Morgan fingerprint density at radius 1 is 1.00 bits per heavy atom. The van der Waals surface area contributed by atoms with Gasteiger partial charge in [0.05, 0.1) is 17.4 Å². The van der Waals surface area contributed by atoms with Gasteiger partial charge in [-0.05, 0) is 42.8 Å². The van der Waals surface area contributed by atoms with Crippen molar-refractivity contribution in [2.75, 3.05) is 10.6 Å². The van der Waals surface area contributed by atoms with Gasteiger partial charge in [-0.3, -0.25) is 9.78 Å². The van der Waals surface area contributed by atoms with Gasteiger partial charge in [0.15, 0.2) is 0 Å². The summed E-state index contributed by atoms with van der Waals surface area (Å²) >= 11 is 3.44. The van der Waals surface area contributed by atoms with Gasteiger partial charge >= 0.3 is 0 Å². The van der Waals surface area contributed by atoms with E-state index in [9.17, 15) is 4.79 Å². The van der Waals surface area contributed by atoms with Crippen molar-refractivity contribution in [1.29, 1.82) is 0 Å². The first-order valence-electron chi connectivity index (χ1n) is 7.46. The molecule has 1 amide bonds. The Labute approximate surface area is 149 Å². The molecule has 0 bridgehead atoms. The fraction of sp³-hybridized carbons (Fsp3) is 0.0526. The Balaban J connectivity index is 1.77. The third kappa shape index (κ3) is 4.00. The molecule has 0 saturated heterocycles. The van der Waals surface area contributed by atoms with Crippen LogP contribution >= 0.6 is 15.9 Å². The first-order chi connectivity index (χ1) is 11.6. The second kappa shape index (κ2) is 7.27. The van der Waals surface area contributed by atoms with E-state index in [-0.39, 0.29) is 5.91 Å². The van der Waals surface area contributed by atoms with Crippen molar-refractivity contribution >= 4 is 38.9 Å². The number of hydrogen-bond acceptors (Lipinski definition) is 3. The summed E-state index contributed by atoms with van der Waals surface area (Å²) in [5.41, 5.74) is 3.99. The Bertz CT molecular complexity index is 880. The number of carbonyl (C=O) groups is 1. The summed E-state index contributed by atoms with van der Waals surface area (Å²) < 4.78 is 0.980. The van der Waals surface area contributed by atoms with E-state index in [1.807, 2.05) is 55.5 Å². The number of para-hydroxylation sites is 1. The molecular formula is C19H16BrN3O. The van der Waals surface area contributed by atoms with Crippen molar-refractivity contribution in [1.82, 2.24) is 4.98 Å². The zero-order chi connectivity index (χ0) is 16.9. The molecule has 0 aliphatic carbocycles. The van der Waals surface area contributed by atoms with Gasteiger partial charge in [0, 0.05) is 22.0 Å². The molecule has 2 N–H and O–H groups in total. The zero-order valence-corrected chi connectivity index (χ0v) is 14.7. The van der Waals surface area contributed by atoms with Crippen molar-refractivity contribution in [2.24, 2.45) is 0 Å². The fourth-order valence-corrected chi connectivity index (χ4v) is 2.67. The molecule has 0 aliphatic rings. The molecule has 4 nitrogen and oxygen atoms in total. The molecule has 3 aromatic rings. The molecule has 3 rings (SSSR count). The van der Waals surface area contributed by atoms with E-state index in [1.54, 1.807) is 18.5 Å². The number of aromatic nitrogens is 1. The zero-order valence-electron chi connectivity index (χ0n) is 13.1. The molecule has 1 heterocycles. The number of nitrogens with zero attached hydrogens (tertiary/aromatic N) is 1. The van der Waals surface area contributed by atoms with Crippen LogP contribution in [-0.4, -0.2) is 10.9 Å². The van der Waals surface area contributed by atoms with E-state index in [4.69, 9.17) is 0 Å². The number of amides is 1. The van der Waals surface area contributed by atoms with E-state index in [0.29, 0.717) is 5.56 Å². The largest absolute Gasteiger partial charge is 0.354 e. The monoisotopic (exact) mass is 381 g/mol. The van der Waals surface area contributed by atoms with Crippen LogP contribution in [-0.2, 0) is 0 Å². The lowest BCUT2D eigenvalue weighted by atomic mass is 10.2. The third-order valence-electron chi connectivity index (χ3n) is 3.51. The molecule has 0 spiro atoms. The van der Waals surface area contributed by atoms with Crippen LogP contribution in [0.3, 0.4) is 0 Å². The second-order valence-electron chi connectivity index (χ2n) is 5.37. The van der Waals surface area contributed by atoms with Crippen LogP contribution in [0, 0.1) is 6.92 Å². The fourth-order valence-electron chi connectivity index (χ4n) is 2.27. The minimum atomic E-state index is -0.185. The predicted octanol–water partition coefficient (Wildman–Crippen LogP) is 5.15. The van der Waals surface area contributed by atoms with Crippen LogP contribution in [0.5, 0.6) is 0 Å². The van der Waals surface area contributed by atoms with E-state index in [2.05, 4.69) is 31.5 Å².